The smallest absolute Gasteiger partial charge is 0.261 e. The van der Waals surface area contributed by atoms with Gasteiger partial charge in [0.1, 0.15) is 6.61 Å². The van der Waals surface area contributed by atoms with Crippen molar-refractivity contribution < 1.29 is 13.5 Å². The van der Waals surface area contributed by atoms with E-state index in [1.165, 1.54) is 0 Å². The van der Waals surface area contributed by atoms with E-state index in [0.717, 1.165) is 5.57 Å². The van der Waals surface area contributed by atoms with Crippen LogP contribution in [-0.4, -0.2) is 25.7 Å². The van der Waals surface area contributed by atoms with Crippen LogP contribution in [0.3, 0.4) is 0 Å². The minimum absolute atomic E-state index is 0.0947. The lowest BCUT2D eigenvalue weighted by Crippen LogP contribution is -2.20. The van der Waals surface area contributed by atoms with Crippen molar-refractivity contribution in [2.45, 2.75) is 32.7 Å². The Labute approximate surface area is 77.8 Å². The van der Waals surface area contributed by atoms with Crippen molar-refractivity contribution in [2.75, 3.05) is 13.2 Å². The van der Waals surface area contributed by atoms with Crippen molar-refractivity contribution in [3.63, 3.8) is 0 Å². The molecule has 0 spiro atoms. The monoisotopic (exact) mass is 193 g/mol. The topological polar surface area (TPSA) is 35.2 Å². The fourth-order valence-electron chi connectivity index (χ4n) is 0.903. The summed E-state index contributed by atoms with van der Waals surface area (Å²) in [5.74, 6) is 0. The first-order valence-corrected chi connectivity index (χ1v) is 4.29. The maximum absolute atomic E-state index is 11.6. The van der Waals surface area contributed by atoms with Crippen LogP contribution in [0.4, 0.5) is 8.78 Å². The molecule has 0 aliphatic rings. The van der Waals surface area contributed by atoms with Gasteiger partial charge in [-0.2, -0.15) is 0 Å². The molecule has 0 amide bonds. The Balaban J connectivity index is 3.37. The predicted molar refractivity (Wildman–Crippen MR) is 48.8 cm³/mol. The molecule has 0 saturated heterocycles. The lowest BCUT2D eigenvalue weighted by molar-refractivity contribution is 0.0161. The molecule has 4 heteroatoms. The molecule has 0 rings (SSSR count). The van der Waals surface area contributed by atoms with Crippen LogP contribution in [0.15, 0.2) is 11.6 Å². The van der Waals surface area contributed by atoms with Crippen LogP contribution in [0.1, 0.15) is 20.3 Å². The second-order valence-electron chi connectivity index (χ2n) is 3.16. The first kappa shape index (κ1) is 12.5. The van der Waals surface area contributed by atoms with Crippen LogP contribution in [-0.2, 0) is 4.74 Å². The first-order chi connectivity index (χ1) is 6.02. The van der Waals surface area contributed by atoms with Gasteiger partial charge in [-0.25, -0.2) is 8.78 Å². The van der Waals surface area contributed by atoms with Crippen LogP contribution in [0.2, 0.25) is 0 Å². The molecule has 0 saturated carbocycles. The molecule has 0 fully saturated rings. The Bertz CT molecular complexity index is 156. The molecule has 1 atom stereocenters. The summed E-state index contributed by atoms with van der Waals surface area (Å²) in [6.45, 7) is 3.68. The Hall–Kier alpha value is -0.480. The molecular weight excluding hydrogens is 176 g/mol. The summed E-state index contributed by atoms with van der Waals surface area (Å²) < 4.78 is 27.9. The predicted octanol–water partition coefficient (Wildman–Crippen LogP) is 1.95. The fourth-order valence-corrected chi connectivity index (χ4v) is 0.903. The lowest BCUT2D eigenvalue weighted by atomic mass is 10.1. The zero-order valence-electron chi connectivity index (χ0n) is 8.09. The summed E-state index contributed by atoms with van der Waals surface area (Å²) in [4.78, 5) is 0. The third-order valence-corrected chi connectivity index (χ3v) is 1.39. The van der Waals surface area contributed by atoms with Crippen molar-refractivity contribution in [1.29, 1.82) is 0 Å². The third kappa shape index (κ3) is 9.43. The average Bonchev–Trinajstić information content (AvgIpc) is 1.96. The van der Waals surface area contributed by atoms with Gasteiger partial charge in [0, 0.05) is 12.6 Å². The maximum atomic E-state index is 11.6. The maximum Gasteiger partial charge on any atom is 0.261 e. The van der Waals surface area contributed by atoms with Crippen molar-refractivity contribution in [1.82, 2.24) is 0 Å². The van der Waals surface area contributed by atoms with Crippen LogP contribution in [0.25, 0.3) is 0 Å². The van der Waals surface area contributed by atoms with Crippen molar-refractivity contribution in [3.8, 4) is 0 Å². The van der Waals surface area contributed by atoms with E-state index in [-0.39, 0.29) is 12.6 Å². The van der Waals surface area contributed by atoms with Gasteiger partial charge in [0.25, 0.3) is 6.43 Å². The molecule has 0 aromatic heterocycles. The standard InChI is InChI=1S/C9H17F2NO/c1-7(2)5-8(12)3-4-13-6-9(10)11/h5,8-9H,3-4,6,12H2,1-2H3. The molecule has 0 radical (unpaired) electrons. The Morgan fingerprint density at radius 3 is 2.54 bits per heavy atom. The van der Waals surface area contributed by atoms with E-state index in [1.54, 1.807) is 0 Å². The molecule has 1 unspecified atom stereocenters. The van der Waals surface area contributed by atoms with Gasteiger partial charge in [-0.1, -0.05) is 11.6 Å². The SMILES string of the molecule is CC(C)=CC(N)CCOCC(F)F. The lowest BCUT2D eigenvalue weighted by Gasteiger charge is -2.07. The molecule has 0 heterocycles. The number of hydrogen-bond acceptors (Lipinski definition) is 2. The number of alkyl halides is 2. The molecular formula is C9H17F2NO. The second kappa shape index (κ2) is 6.97. The third-order valence-electron chi connectivity index (χ3n) is 1.39. The van der Waals surface area contributed by atoms with Crippen LogP contribution in [0, 0.1) is 0 Å². The van der Waals surface area contributed by atoms with E-state index in [4.69, 9.17) is 5.73 Å². The summed E-state index contributed by atoms with van der Waals surface area (Å²) in [6, 6.07) is -0.0947. The number of allylic oxidation sites excluding steroid dienone is 1. The van der Waals surface area contributed by atoms with E-state index >= 15 is 0 Å². The number of nitrogens with two attached hydrogens (primary N) is 1. The minimum atomic E-state index is -2.39. The van der Waals surface area contributed by atoms with E-state index in [0.29, 0.717) is 6.42 Å². The summed E-state index contributed by atoms with van der Waals surface area (Å²) in [7, 11) is 0. The van der Waals surface area contributed by atoms with Gasteiger partial charge in [0.15, 0.2) is 0 Å². The summed E-state index contributed by atoms with van der Waals surface area (Å²) >= 11 is 0. The normalized spacial score (nSPS) is 13.1. The van der Waals surface area contributed by atoms with Gasteiger partial charge < -0.3 is 10.5 Å². The van der Waals surface area contributed by atoms with E-state index in [1.807, 2.05) is 19.9 Å². The van der Waals surface area contributed by atoms with Crippen LogP contribution < -0.4 is 5.73 Å². The van der Waals surface area contributed by atoms with Crippen molar-refractivity contribution >= 4 is 0 Å². The number of ether oxygens (including phenoxy) is 1. The van der Waals surface area contributed by atoms with Gasteiger partial charge in [-0.3, -0.25) is 0 Å². The molecule has 2 nitrogen and oxygen atoms in total. The zero-order chi connectivity index (χ0) is 10.3. The molecule has 0 aromatic carbocycles. The molecule has 0 aliphatic carbocycles. The van der Waals surface area contributed by atoms with Gasteiger partial charge in [0.05, 0.1) is 0 Å². The molecule has 0 aromatic rings. The van der Waals surface area contributed by atoms with Crippen LogP contribution in [0.5, 0.6) is 0 Å². The highest BCUT2D eigenvalue weighted by Crippen LogP contribution is 1.98. The van der Waals surface area contributed by atoms with E-state index in [9.17, 15) is 8.78 Å². The van der Waals surface area contributed by atoms with Gasteiger partial charge in [0.2, 0.25) is 0 Å². The Morgan fingerprint density at radius 2 is 2.08 bits per heavy atom. The van der Waals surface area contributed by atoms with Gasteiger partial charge >= 0.3 is 0 Å². The van der Waals surface area contributed by atoms with Crippen LogP contribution >= 0.6 is 0 Å². The van der Waals surface area contributed by atoms with Crippen molar-refractivity contribution in [3.05, 3.63) is 11.6 Å². The molecule has 78 valence electrons. The number of rotatable bonds is 6. The molecule has 0 aliphatic heterocycles. The van der Waals surface area contributed by atoms with Gasteiger partial charge in [-0.15, -0.1) is 0 Å². The highest BCUT2D eigenvalue weighted by atomic mass is 19.3. The second-order valence-corrected chi connectivity index (χ2v) is 3.16. The molecule has 2 N–H and O–H groups in total. The molecule has 0 bridgehead atoms. The zero-order valence-corrected chi connectivity index (χ0v) is 8.09. The Kier molecular flexibility index (Phi) is 6.72. The first-order valence-electron chi connectivity index (χ1n) is 4.29. The largest absolute Gasteiger partial charge is 0.375 e. The van der Waals surface area contributed by atoms with E-state index in [2.05, 4.69) is 4.74 Å². The summed E-state index contributed by atoms with van der Waals surface area (Å²) in [6.07, 6.45) is 0.0866. The summed E-state index contributed by atoms with van der Waals surface area (Å²) in [5, 5.41) is 0. The fraction of sp³-hybridized carbons (Fsp3) is 0.778. The Morgan fingerprint density at radius 1 is 1.46 bits per heavy atom. The summed E-state index contributed by atoms with van der Waals surface area (Å²) in [5.41, 5.74) is 6.77. The van der Waals surface area contributed by atoms with Crippen molar-refractivity contribution in [2.24, 2.45) is 5.73 Å². The van der Waals surface area contributed by atoms with E-state index < -0.39 is 13.0 Å². The number of hydrogen-bond donors (Lipinski definition) is 1. The highest BCUT2D eigenvalue weighted by Gasteiger charge is 2.03. The number of halogens is 2. The van der Waals surface area contributed by atoms with Gasteiger partial charge in [-0.05, 0) is 20.3 Å². The minimum Gasteiger partial charge on any atom is -0.375 e. The average molecular weight is 193 g/mol. The molecule has 13 heavy (non-hydrogen) atoms. The highest BCUT2D eigenvalue weighted by molar-refractivity contribution is 4.99. The quantitative estimate of drug-likeness (QED) is 0.517.